The molecule has 5 rings (SSSR count). The number of fused-ring (bicyclic) bond motifs is 1. The zero-order chi connectivity index (χ0) is 26.9. The molecule has 0 saturated carbocycles. The molecule has 4 aromatic rings. The number of rotatable bonds is 8. The molecule has 1 fully saturated rings. The van der Waals surface area contributed by atoms with Gasteiger partial charge >= 0.3 is 0 Å². The van der Waals surface area contributed by atoms with Gasteiger partial charge in [0.15, 0.2) is 0 Å². The molecule has 0 bridgehead atoms. The third-order valence-corrected chi connectivity index (χ3v) is 8.02. The lowest BCUT2D eigenvalue weighted by Gasteiger charge is -2.33. The van der Waals surface area contributed by atoms with E-state index in [9.17, 15) is 8.42 Å². The van der Waals surface area contributed by atoms with Crippen LogP contribution in [0.5, 0.6) is 5.75 Å². The fourth-order valence-corrected chi connectivity index (χ4v) is 5.23. The van der Waals surface area contributed by atoms with E-state index >= 15 is 0 Å². The number of sulfonamides is 1. The minimum atomic E-state index is -3.43. The minimum absolute atomic E-state index is 0.407. The van der Waals surface area contributed by atoms with Crippen LogP contribution in [0.4, 0.5) is 23.0 Å². The lowest BCUT2D eigenvalue weighted by molar-refractivity contribution is 0.414. The highest BCUT2D eigenvalue weighted by atomic mass is 32.2. The van der Waals surface area contributed by atoms with Crippen LogP contribution >= 0.6 is 0 Å². The molecule has 2 N–H and O–H groups in total. The molecule has 0 radical (unpaired) electrons. The van der Waals surface area contributed by atoms with E-state index in [2.05, 4.69) is 39.6 Å². The summed E-state index contributed by atoms with van der Waals surface area (Å²) in [6, 6.07) is 16.1. The van der Waals surface area contributed by atoms with Crippen molar-refractivity contribution in [1.82, 2.24) is 19.9 Å². The molecule has 1 saturated heterocycles. The van der Waals surface area contributed by atoms with Crippen molar-refractivity contribution >= 4 is 44.1 Å². The standard InChI is InChI=1S/C27H33N7O3S/c1-19-17-33(14-12-28-19)23-7-5-22(6-8-23)30-27-29-16-20-11-13-34(26(20)31-27)18-21-15-24(37-3)9-10-25(21)32(2)38(4,35)36/h5-11,13,15-16,19,28H,12,14,17-18H2,1-4H3,(H,29,30,31)/t19-/m0/s1. The van der Waals surface area contributed by atoms with Gasteiger partial charge in [-0.3, -0.25) is 4.31 Å². The highest BCUT2D eigenvalue weighted by Gasteiger charge is 2.18. The molecule has 3 heterocycles. The molecule has 2 aromatic carbocycles. The van der Waals surface area contributed by atoms with E-state index in [-0.39, 0.29) is 0 Å². The van der Waals surface area contributed by atoms with Gasteiger partial charge in [-0.25, -0.2) is 13.4 Å². The van der Waals surface area contributed by atoms with Crippen LogP contribution in [-0.2, 0) is 16.6 Å². The molecule has 10 nitrogen and oxygen atoms in total. The van der Waals surface area contributed by atoms with Gasteiger partial charge in [0, 0.05) is 61.9 Å². The molecule has 0 unspecified atom stereocenters. The summed E-state index contributed by atoms with van der Waals surface area (Å²) in [7, 11) is -0.295. The molecule has 1 atom stereocenters. The van der Waals surface area contributed by atoms with Crippen LogP contribution in [0.1, 0.15) is 12.5 Å². The highest BCUT2D eigenvalue weighted by Crippen LogP contribution is 2.29. The van der Waals surface area contributed by atoms with E-state index in [1.807, 2.05) is 35.0 Å². The van der Waals surface area contributed by atoms with Gasteiger partial charge in [-0.2, -0.15) is 4.98 Å². The maximum atomic E-state index is 12.3. The van der Waals surface area contributed by atoms with Crippen molar-refractivity contribution in [2.24, 2.45) is 0 Å². The number of methoxy groups -OCH3 is 1. The first-order valence-corrected chi connectivity index (χ1v) is 14.3. The van der Waals surface area contributed by atoms with E-state index in [4.69, 9.17) is 9.72 Å². The summed E-state index contributed by atoms with van der Waals surface area (Å²) >= 11 is 0. The van der Waals surface area contributed by atoms with Crippen molar-refractivity contribution in [3.05, 3.63) is 66.5 Å². The van der Waals surface area contributed by atoms with E-state index in [1.165, 1.54) is 16.2 Å². The first-order chi connectivity index (χ1) is 18.2. The van der Waals surface area contributed by atoms with Crippen molar-refractivity contribution < 1.29 is 13.2 Å². The molecular formula is C27H33N7O3S. The van der Waals surface area contributed by atoms with Gasteiger partial charge < -0.3 is 24.8 Å². The van der Waals surface area contributed by atoms with E-state index in [0.29, 0.717) is 30.0 Å². The summed E-state index contributed by atoms with van der Waals surface area (Å²) in [6.07, 6.45) is 4.90. The first kappa shape index (κ1) is 25.8. The molecule has 0 aliphatic carbocycles. The van der Waals surface area contributed by atoms with Crippen LogP contribution in [0.15, 0.2) is 60.9 Å². The summed E-state index contributed by atoms with van der Waals surface area (Å²) in [6.45, 7) is 5.56. The van der Waals surface area contributed by atoms with Crippen molar-refractivity contribution in [3.8, 4) is 5.75 Å². The number of piperazine rings is 1. The smallest absolute Gasteiger partial charge is 0.232 e. The largest absolute Gasteiger partial charge is 0.497 e. The number of hydrogen-bond donors (Lipinski definition) is 2. The Hall–Kier alpha value is -3.83. The SMILES string of the molecule is COc1ccc(N(C)S(C)(=O)=O)c(Cn2ccc3cnc(Nc4ccc(N5CCN[C@@H](C)C5)cc4)nc32)c1. The molecule has 1 aliphatic rings. The van der Waals surface area contributed by atoms with E-state index in [1.54, 1.807) is 32.5 Å². The second-order valence-electron chi connectivity index (χ2n) is 9.61. The van der Waals surface area contributed by atoms with Gasteiger partial charge in [0.1, 0.15) is 11.4 Å². The minimum Gasteiger partial charge on any atom is -0.497 e. The summed E-state index contributed by atoms with van der Waals surface area (Å²) < 4.78 is 33.2. The number of ether oxygens (including phenoxy) is 1. The van der Waals surface area contributed by atoms with E-state index < -0.39 is 10.0 Å². The second kappa shape index (κ2) is 10.5. The Balaban J connectivity index is 1.39. The monoisotopic (exact) mass is 535 g/mol. The average molecular weight is 536 g/mol. The van der Waals surface area contributed by atoms with Crippen molar-refractivity contribution in [1.29, 1.82) is 0 Å². The predicted octanol–water partition coefficient (Wildman–Crippen LogP) is 3.43. The molecule has 0 spiro atoms. The van der Waals surface area contributed by atoms with Crippen LogP contribution in [0.3, 0.4) is 0 Å². The van der Waals surface area contributed by atoms with Gasteiger partial charge in [0.25, 0.3) is 0 Å². The molecule has 2 aromatic heterocycles. The molecule has 1 aliphatic heterocycles. The van der Waals surface area contributed by atoms with Crippen LogP contribution in [0.2, 0.25) is 0 Å². The predicted molar refractivity (Wildman–Crippen MR) is 152 cm³/mol. The zero-order valence-corrected chi connectivity index (χ0v) is 22.9. The number of benzene rings is 2. The average Bonchev–Trinajstić information content (AvgIpc) is 3.30. The maximum Gasteiger partial charge on any atom is 0.232 e. The highest BCUT2D eigenvalue weighted by molar-refractivity contribution is 7.92. The van der Waals surface area contributed by atoms with Crippen LogP contribution in [-0.4, -0.2) is 69.0 Å². The number of nitrogens with one attached hydrogen (secondary N) is 2. The fourth-order valence-electron chi connectivity index (χ4n) is 4.69. The Kier molecular flexibility index (Phi) is 7.13. The number of hydrogen-bond acceptors (Lipinski definition) is 8. The van der Waals surface area contributed by atoms with Crippen molar-refractivity contribution in [3.63, 3.8) is 0 Å². The Labute approximate surface area is 223 Å². The Morgan fingerprint density at radius 2 is 1.97 bits per heavy atom. The van der Waals surface area contributed by atoms with Gasteiger partial charge in [0.2, 0.25) is 16.0 Å². The maximum absolute atomic E-state index is 12.3. The van der Waals surface area contributed by atoms with Gasteiger partial charge in [-0.15, -0.1) is 0 Å². The Bertz CT molecular complexity index is 1540. The molecule has 11 heteroatoms. The fraction of sp³-hybridized carbons (Fsp3) is 0.333. The topological polar surface area (TPSA) is 105 Å². The zero-order valence-electron chi connectivity index (χ0n) is 22.0. The normalized spacial score (nSPS) is 16.0. The number of aromatic nitrogens is 3. The third-order valence-electron chi connectivity index (χ3n) is 6.82. The quantitative estimate of drug-likeness (QED) is 0.354. The van der Waals surface area contributed by atoms with Gasteiger partial charge in [-0.1, -0.05) is 0 Å². The first-order valence-electron chi connectivity index (χ1n) is 12.5. The van der Waals surface area contributed by atoms with Crippen molar-refractivity contribution in [2.45, 2.75) is 19.5 Å². The van der Waals surface area contributed by atoms with E-state index in [0.717, 1.165) is 41.9 Å². The lowest BCUT2D eigenvalue weighted by Crippen LogP contribution is -2.49. The molecule has 200 valence electrons. The number of nitrogens with zero attached hydrogens (tertiary/aromatic N) is 5. The van der Waals surface area contributed by atoms with Crippen molar-refractivity contribution in [2.75, 3.05) is 54.6 Å². The Morgan fingerprint density at radius 1 is 1.18 bits per heavy atom. The van der Waals surface area contributed by atoms with Gasteiger partial charge in [-0.05, 0) is 61.0 Å². The number of anilines is 4. The summed E-state index contributed by atoms with van der Waals surface area (Å²) in [5, 5.41) is 7.67. The lowest BCUT2D eigenvalue weighted by atomic mass is 10.1. The van der Waals surface area contributed by atoms with Crippen LogP contribution in [0, 0.1) is 0 Å². The second-order valence-corrected chi connectivity index (χ2v) is 11.6. The Morgan fingerprint density at radius 3 is 2.68 bits per heavy atom. The third kappa shape index (κ3) is 5.53. The summed E-state index contributed by atoms with van der Waals surface area (Å²) in [5.74, 6) is 1.14. The molecule has 0 amide bonds. The van der Waals surface area contributed by atoms with Crippen LogP contribution in [0.25, 0.3) is 11.0 Å². The molecule has 38 heavy (non-hydrogen) atoms. The summed E-state index contributed by atoms with van der Waals surface area (Å²) in [4.78, 5) is 11.6. The summed E-state index contributed by atoms with van der Waals surface area (Å²) in [5.41, 5.74) is 4.22. The van der Waals surface area contributed by atoms with Gasteiger partial charge in [0.05, 0.1) is 25.6 Å². The van der Waals surface area contributed by atoms with Crippen LogP contribution < -0.4 is 24.6 Å². The molecular weight excluding hydrogens is 502 g/mol.